The zero-order chi connectivity index (χ0) is 29.4. The molecule has 0 atom stereocenters. The molecule has 8 bridgehead atoms. The molecule has 0 saturated heterocycles. The molecule has 8 nitrogen and oxygen atoms in total. The molecule has 1 N–H and O–H groups in total. The topological polar surface area (TPSA) is 89.4 Å². The predicted octanol–water partition coefficient (Wildman–Crippen LogP) is 6.73. The average Bonchev–Trinajstić information content (AvgIpc) is 3.53. The smallest absolute Gasteiger partial charge is 0.253 e. The first-order valence-electron chi connectivity index (χ1n) is 14.0. The molecule has 0 saturated carbocycles. The molecule has 41 heavy (non-hydrogen) atoms. The first kappa shape index (κ1) is 30.8. The van der Waals surface area contributed by atoms with Crippen LogP contribution in [0.1, 0.15) is 83.1 Å². The number of nitrogens with zero attached hydrogens (tertiary/aromatic N) is 7. The van der Waals surface area contributed by atoms with Gasteiger partial charge in [0, 0.05) is 39.7 Å². The largest absolute Gasteiger partial charge is 0.289 e. The van der Waals surface area contributed by atoms with Crippen molar-refractivity contribution >= 4 is 34.8 Å². The Kier molecular flexibility index (Phi) is 7.50. The van der Waals surface area contributed by atoms with Crippen LogP contribution >= 0.6 is 0 Å². The maximum Gasteiger partial charge on any atom is 0.253 e. The predicted molar refractivity (Wildman–Crippen MR) is 168 cm³/mol. The molecular formula is C32H42MnN8. The Bertz CT molecular complexity index is 1520. The third-order valence-corrected chi connectivity index (χ3v) is 7.02. The van der Waals surface area contributed by atoms with Gasteiger partial charge in [-0.15, -0.1) is 5.10 Å². The van der Waals surface area contributed by atoms with E-state index in [4.69, 9.17) is 25.0 Å². The van der Waals surface area contributed by atoms with Crippen molar-refractivity contribution in [3.8, 4) is 0 Å². The fourth-order valence-electron chi connectivity index (χ4n) is 5.26. The molecule has 0 spiro atoms. The summed E-state index contributed by atoms with van der Waals surface area (Å²) in [4.78, 5) is 27.3. The minimum absolute atomic E-state index is 0. The van der Waals surface area contributed by atoms with E-state index in [1.165, 1.54) is 5.57 Å². The zero-order valence-electron chi connectivity index (χ0n) is 26.4. The number of hydrazone groups is 1. The first-order chi connectivity index (χ1) is 18.3. The summed E-state index contributed by atoms with van der Waals surface area (Å²) in [7, 11) is 0. The van der Waals surface area contributed by atoms with Crippen LogP contribution in [0.15, 0.2) is 88.8 Å². The van der Waals surface area contributed by atoms with Gasteiger partial charge in [-0.25, -0.2) is 20.0 Å². The summed E-state index contributed by atoms with van der Waals surface area (Å²) in [6.45, 7) is 26.3. The maximum atomic E-state index is 5.24. The molecule has 5 aliphatic heterocycles. The molecule has 0 aromatic heterocycles. The van der Waals surface area contributed by atoms with Gasteiger partial charge in [0.1, 0.15) is 5.82 Å². The quantitative estimate of drug-likeness (QED) is 0.316. The van der Waals surface area contributed by atoms with E-state index in [2.05, 4.69) is 111 Å². The minimum Gasteiger partial charge on any atom is -0.289 e. The van der Waals surface area contributed by atoms with Gasteiger partial charge < -0.3 is 0 Å². The molecule has 5 rings (SSSR count). The van der Waals surface area contributed by atoms with Crippen LogP contribution in [0.25, 0.3) is 0 Å². The summed E-state index contributed by atoms with van der Waals surface area (Å²) < 4.78 is 0. The van der Waals surface area contributed by atoms with Gasteiger partial charge in [0.2, 0.25) is 0 Å². The molecule has 0 aromatic carbocycles. The second kappa shape index (κ2) is 9.99. The number of hydrogen-bond acceptors (Lipinski definition) is 8. The van der Waals surface area contributed by atoms with Crippen LogP contribution in [0, 0.1) is 16.2 Å². The second-order valence-electron chi connectivity index (χ2n) is 14.9. The normalized spacial score (nSPS) is 20.8. The van der Waals surface area contributed by atoms with Gasteiger partial charge in [-0.05, 0) is 61.5 Å². The number of allylic oxidation sites excluding steroid dienone is 7. The van der Waals surface area contributed by atoms with E-state index in [-0.39, 0.29) is 38.9 Å². The van der Waals surface area contributed by atoms with E-state index >= 15 is 0 Å². The number of guanidine groups is 2. The van der Waals surface area contributed by atoms with E-state index in [0.29, 0.717) is 11.9 Å². The van der Waals surface area contributed by atoms with Gasteiger partial charge in [0.25, 0.3) is 11.9 Å². The van der Waals surface area contributed by atoms with Gasteiger partial charge in [0.15, 0.2) is 0 Å². The van der Waals surface area contributed by atoms with E-state index in [1.807, 2.05) is 18.2 Å². The summed E-state index contributed by atoms with van der Waals surface area (Å²) in [5, 5.41) is 4.59. The number of hydrogen-bond donors (Lipinski definition) is 1. The van der Waals surface area contributed by atoms with Crippen LogP contribution in [-0.2, 0) is 17.1 Å². The van der Waals surface area contributed by atoms with Gasteiger partial charge in [0.05, 0.1) is 34.2 Å². The number of aliphatic imine (C=N–C) groups is 5. The van der Waals surface area contributed by atoms with Crippen molar-refractivity contribution in [3.05, 3.63) is 58.7 Å². The van der Waals surface area contributed by atoms with Crippen molar-refractivity contribution in [2.45, 2.75) is 88.6 Å². The SMILES string of the molecule is CC(C)(C)C1=CC2=NC1=C(C(C)(C)C)C1=NC(=NC3=NNC(=CC4=NC(=C2)C=C4)N3C(C)(C)C)N=C1C(C)(C)C.[Mn]. The Morgan fingerprint density at radius 3 is 1.93 bits per heavy atom. The van der Waals surface area contributed by atoms with Crippen LogP contribution in [-0.4, -0.2) is 45.2 Å². The molecule has 0 unspecified atom stereocenters. The zero-order valence-corrected chi connectivity index (χ0v) is 27.6. The van der Waals surface area contributed by atoms with Gasteiger partial charge >= 0.3 is 0 Å². The van der Waals surface area contributed by atoms with E-state index in [1.54, 1.807) is 0 Å². The molecule has 0 fully saturated rings. The van der Waals surface area contributed by atoms with Crippen molar-refractivity contribution < 1.29 is 17.1 Å². The Labute approximate surface area is 255 Å². The number of rotatable bonds is 0. The summed E-state index contributed by atoms with van der Waals surface area (Å²) in [5.41, 5.74) is 9.73. The summed E-state index contributed by atoms with van der Waals surface area (Å²) >= 11 is 0. The van der Waals surface area contributed by atoms with Gasteiger partial charge in [-0.3, -0.25) is 10.3 Å². The second-order valence-corrected chi connectivity index (χ2v) is 14.9. The van der Waals surface area contributed by atoms with Crippen molar-refractivity contribution in [2.75, 3.05) is 0 Å². The molecule has 0 aromatic rings. The third kappa shape index (κ3) is 5.93. The van der Waals surface area contributed by atoms with Crippen LogP contribution in [0.2, 0.25) is 0 Å². The summed E-state index contributed by atoms with van der Waals surface area (Å²) in [6, 6.07) is 0. The van der Waals surface area contributed by atoms with E-state index < -0.39 is 0 Å². The number of fused-ring (bicyclic) bond motifs is 5. The monoisotopic (exact) mass is 593 g/mol. The summed E-state index contributed by atoms with van der Waals surface area (Å²) in [6.07, 6.45) is 10.3. The first-order valence-corrected chi connectivity index (χ1v) is 14.0. The Morgan fingerprint density at radius 1 is 0.659 bits per heavy atom. The van der Waals surface area contributed by atoms with Crippen molar-refractivity contribution in [1.82, 2.24) is 10.3 Å². The molecule has 0 amide bonds. The van der Waals surface area contributed by atoms with Crippen LogP contribution in [0.4, 0.5) is 0 Å². The van der Waals surface area contributed by atoms with Gasteiger partial charge in [-0.2, -0.15) is 4.99 Å². The molecular weight excluding hydrogens is 551 g/mol. The van der Waals surface area contributed by atoms with Crippen molar-refractivity contribution in [1.29, 1.82) is 0 Å². The van der Waals surface area contributed by atoms with Crippen LogP contribution in [0.3, 0.4) is 0 Å². The van der Waals surface area contributed by atoms with E-state index in [0.717, 1.165) is 45.6 Å². The average molecular weight is 594 g/mol. The van der Waals surface area contributed by atoms with Crippen LogP contribution in [0.5, 0.6) is 0 Å². The Hall–Kier alpha value is -3.16. The standard InChI is InChI=1S/C32H42N8.Mn/c1-29(2,3)21-16-20-15-18-13-14-19(33-18)17-22-38-39-28(40(22)32(10,11)12)37-27-35-25(26(36-27)31(7,8)9)23(24(21)34-20)30(4,5)6;/h13-17,38H,1-12H3;. The Morgan fingerprint density at radius 2 is 1.34 bits per heavy atom. The third-order valence-electron chi connectivity index (χ3n) is 7.02. The fraction of sp³-hybridized carbons (Fsp3) is 0.500. The molecule has 5 heterocycles. The van der Waals surface area contributed by atoms with E-state index in [9.17, 15) is 0 Å². The molecule has 9 heteroatoms. The van der Waals surface area contributed by atoms with Crippen LogP contribution < -0.4 is 5.43 Å². The molecule has 1 radical (unpaired) electrons. The fourth-order valence-corrected chi connectivity index (χ4v) is 5.26. The summed E-state index contributed by atoms with van der Waals surface area (Å²) in [5.74, 6) is 1.72. The van der Waals surface area contributed by atoms with Crippen molar-refractivity contribution in [3.63, 3.8) is 0 Å². The number of nitrogens with one attached hydrogen (secondary N) is 1. The van der Waals surface area contributed by atoms with Crippen molar-refractivity contribution in [2.24, 2.45) is 46.3 Å². The van der Waals surface area contributed by atoms with Gasteiger partial charge in [-0.1, -0.05) is 62.3 Å². The Balaban J connectivity index is 0.00000387. The maximum absolute atomic E-state index is 5.24. The molecule has 5 aliphatic rings. The molecule has 217 valence electrons. The molecule has 0 aliphatic carbocycles. The minimum atomic E-state index is -0.301.